The number of carbonyl (C=O) groups excluding carboxylic acids is 4. The van der Waals surface area contributed by atoms with Crippen LogP contribution < -0.4 is 0 Å². The van der Waals surface area contributed by atoms with E-state index < -0.39 is 97.5 Å². The zero-order valence-corrected chi connectivity index (χ0v) is 70.5. The van der Waals surface area contributed by atoms with Gasteiger partial charge in [0.2, 0.25) is 0 Å². The van der Waals surface area contributed by atoms with E-state index in [4.69, 9.17) is 37.0 Å². The van der Waals surface area contributed by atoms with E-state index in [1.165, 1.54) is 302 Å². The summed E-state index contributed by atoms with van der Waals surface area (Å²) in [6, 6.07) is 0. The van der Waals surface area contributed by atoms with Crippen LogP contribution in [0, 0.1) is 0 Å². The van der Waals surface area contributed by atoms with Crippen molar-refractivity contribution < 1.29 is 80.2 Å². The van der Waals surface area contributed by atoms with Gasteiger partial charge in [-0.05, 0) is 25.7 Å². The van der Waals surface area contributed by atoms with E-state index in [0.29, 0.717) is 25.7 Å². The Morgan fingerprint density at radius 3 is 0.562 bits per heavy atom. The second kappa shape index (κ2) is 80.1. The lowest BCUT2D eigenvalue weighted by Crippen LogP contribution is -2.30. The minimum absolute atomic E-state index is 0.109. The fourth-order valence-electron chi connectivity index (χ4n) is 13.5. The molecule has 0 amide bonds. The summed E-state index contributed by atoms with van der Waals surface area (Å²) in [5.74, 6) is -2.10. The van der Waals surface area contributed by atoms with Crippen LogP contribution in [0.15, 0.2) is 0 Å². The highest BCUT2D eigenvalue weighted by molar-refractivity contribution is 7.47. The fraction of sp³-hybridized carbons (Fsp3) is 0.953. The fourth-order valence-corrected chi connectivity index (χ4v) is 15.1. The van der Waals surface area contributed by atoms with Gasteiger partial charge in [0.05, 0.1) is 26.4 Å². The zero-order valence-electron chi connectivity index (χ0n) is 68.7. The molecular formula is C86H168O17P2. The molecule has 17 nitrogen and oxygen atoms in total. The Morgan fingerprint density at radius 2 is 0.381 bits per heavy atom. The Labute approximate surface area is 645 Å². The number of carbonyl (C=O) groups is 4. The van der Waals surface area contributed by atoms with Crippen LogP contribution in [0.5, 0.6) is 0 Å². The monoisotopic (exact) mass is 1540 g/mol. The number of ether oxygens (including phenoxy) is 4. The average Bonchev–Trinajstić information content (AvgIpc) is 2.13. The Bertz CT molecular complexity index is 1980. The quantitative estimate of drug-likeness (QED) is 0.0222. The van der Waals surface area contributed by atoms with E-state index in [-0.39, 0.29) is 25.7 Å². The molecule has 105 heavy (non-hydrogen) atoms. The number of phosphoric acid groups is 2. The van der Waals surface area contributed by atoms with Gasteiger partial charge >= 0.3 is 39.5 Å². The van der Waals surface area contributed by atoms with Crippen molar-refractivity contribution in [3.05, 3.63) is 0 Å². The summed E-state index contributed by atoms with van der Waals surface area (Å²) in [7, 11) is -9.92. The van der Waals surface area contributed by atoms with Crippen LogP contribution in [-0.4, -0.2) is 96.7 Å². The molecule has 0 aliphatic rings. The molecule has 0 aliphatic carbocycles. The minimum atomic E-state index is -4.96. The van der Waals surface area contributed by atoms with Gasteiger partial charge in [-0.15, -0.1) is 0 Å². The highest BCUT2D eigenvalue weighted by Gasteiger charge is 2.30. The number of phosphoric ester groups is 2. The third-order valence-corrected chi connectivity index (χ3v) is 22.3. The highest BCUT2D eigenvalue weighted by atomic mass is 31.2. The zero-order chi connectivity index (χ0) is 76.7. The molecule has 624 valence electrons. The number of hydrogen-bond acceptors (Lipinski definition) is 15. The summed E-state index contributed by atoms with van der Waals surface area (Å²) >= 11 is 0. The third-order valence-electron chi connectivity index (χ3n) is 20.4. The van der Waals surface area contributed by atoms with Crippen LogP contribution in [0.25, 0.3) is 0 Å². The van der Waals surface area contributed by atoms with Gasteiger partial charge in [0.15, 0.2) is 12.2 Å². The van der Waals surface area contributed by atoms with Crippen molar-refractivity contribution in [2.45, 2.75) is 489 Å². The first kappa shape index (κ1) is 103. The van der Waals surface area contributed by atoms with Gasteiger partial charge in [-0.25, -0.2) is 9.13 Å². The summed E-state index contributed by atoms with van der Waals surface area (Å²) < 4.78 is 68.9. The topological polar surface area (TPSA) is 237 Å². The normalized spacial score (nSPS) is 13.7. The third kappa shape index (κ3) is 79.9. The molecule has 5 atom stereocenters. The summed E-state index contributed by atoms with van der Waals surface area (Å²) in [6.45, 7) is 5.05. The van der Waals surface area contributed by atoms with E-state index in [1.54, 1.807) is 0 Å². The van der Waals surface area contributed by atoms with Gasteiger partial charge in [-0.1, -0.05) is 419 Å². The summed E-state index contributed by atoms with van der Waals surface area (Å²) in [5, 5.41) is 10.7. The van der Waals surface area contributed by atoms with E-state index in [9.17, 15) is 43.2 Å². The predicted octanol–water partition coefficient (Wildman–Crippen LogP) is 26.5. The minimum Gasteiger partial charge on any atom is -0.462 e. The van der Waals surface area contributed by atoms with Crippen LogP contribution in [0.1, 0.15) is 471 Å². The molecule has 0 heterocycles. The maximum atomic E-state index is 13.1. The highest BCUT2D eigenvalue weighted by Crippen LogP contribution is 2.45. The Morgan fingerprint density at radius 1 is 0.229 bits per heavy atom. The Hall–Kier alpha value is -1.94. The second-order valence-electron chi connectivity index (χ2n) is 30.9. The maximum absolute atomic E-state index is 13.1. The lowest BCUT2D eigenvalue weighted by atomic mass is 10.0. The van der Waals surface area contributed by atoms with Crippen LogP contribution in [0.3, 0.4) is 0 Å². The number of aliphatic hydroxyl groups is 1. The lowest BCUT2D eigenvalue weighted by molar-refractivity contribution is -0.161. The van der Waals surface area contributed by atoms with Gasteiger partial charge < -0.3 is 33.8 Å². The first-order valence-corrected chi connectivity index (χ1v) is 47.8. The Balaban J connectivity index is 5.22. The van der Waals surface area contributed by atoms with E-state index in [2.05, 4.69) is 27.7 Å². The van der Waals surface area contributed by atoms with Crippen molar-refractivity contribution in [2.24, 2.45) is 0 Å². The van der Waals surface area contributed by atoms with Crippen molar-refractivity contribution in [3.63, 3.8) is 0 Å². The standard InChI is InChI=1S/C86H168O17P2/c1-5-9-13-17-21-25-29-32-35-37-39-40-41-42-44-46-49-53-57-61-65-69-73-86(91)103-82(77-97-84(89)71-67-63-59-55-51-48-45-43-38-36-33-30-26-22-18-14-10-6-2)79-101-105(94,95)99-75-80(87)74-98-104(92,93)100-78-81(76-96-83(88)70-66-62-58-54-50-28-24-20-16-12-8-4)102-85(90)72-68-64-60-56-52-47-34-31-27-23-19-15-11-7-3/h80-82,87H,5-79H2,1-4H3,(H,92,93)(H,94,95)/t80-,81+,82+/m0/s1. The predicted molar refractivity (Wildman–Crippen MR) is 432 cm³/mol. The van der Waals surface area contributed by atoms with Crippen molar-refractivity contribution in [1.82, 2.24) is 0 Å². The molecule has 0 aliphatic heterocycles. The van der Waals surface area contributed by atoms with Crippen molar-refractivity contribution in [3.8, 4) is 0 Å². The average molecular weight is 1540 g/mol. The SMILES string of the molecule is CCCCCCCCCCCCCCCCCCCCCCCCC(=O)O[C@H](COC(=O)CCCCCCCCCCCCCCCCCCCC)COP(=O)(O)OC[C@@H](O)COP(=O)(O)OC[C@@H](COC(=O)CCCCCCCCCCCCC)OC(=O)CCCCCCCCCCCCCCCC. The van der Waals surface area contributed by atoms with Gasteiger partial charge in [0, 0.05) is 25.7 Å². The van der Waals surface area contributed by atoms with Gasteiger partial charge in [-0.2, -0.15) is 0 Å². The largest absolute Gasteiger partial charge is 0.472 e. The molecule has 0 radical (unpaired) electrons. The molecule has 0 aromatic carbocycles. The molecule has 0 bridgehead atoms. The number of hydrogen-bond donors (Lipinski definition) is 3. The summed E-state index contributed by atoms with van der Waals surface area (Å²) in [6.07, 6.45) is 75.0. The Kier molecular flexibility index (Phi) is 78.6. The van der Waals surface area contributed by atoms with E-state index in [0.717, 1.165) is 89.9 Å². The lowest BCUT2D eigenvalue weighted by Gasteiger charge is -2.21. The van der Waals surface area contributed by atoms with Crippen LogP contribution >= 0.6 is 15.6 Å². The molecule has 3 N–H and O–H groups in total. The van der Waals surface area contributed by atoms with Crippen molar-refractivity contribution >= 4 is 39.5 Å². The smallest absolute Gasteiger partial charge is 0.462 e. The molecule has 0 rings (SSSR count). The van der Waals surface area contributed by atoms with Gasteiger partial charge in [0.1, 0.15) is 19.3 Å². The first-order valence-electron chi connectivity index (χ1n) is 44.8. The number of esters is 4. The van der Waals surface area contributed by atoms with Crippen molar-refractivity contribution in [1.29, 1.82) is 0 Å². The molecule has 0 saturated carbocycles. The molecule has 0 aromatic rings. The number of rotatable bonds is 87. The number of aliphatic hydroxyl groups excluding tert-OH is 1. The summed E-state index contributed by atoms with van der Waals surface area (Å²) in [4.78, 5) is 73.2. The van der Waals surface area contributed by atoms with Crippen LogP contribution in [0.4, 0.5) is 0 Å². The number of unbranched alkanes of at least 4 members (excludes halogenated alkanes) is 61. The molecule has 0 saturated heterocycles. The van der Waals surface area contributed by atoms with E-state index in [1.807, 2.05) is 0 Å². The summed E-state index contributed by atoms with van der Waals surface area (Å²) in [5.41, 5.74) is 0. The van der Waals surface area contributed by atoms with E-state index >= 15 is 0 Å². The maximum Gasteiger partial charge on any atom is 0.472 e. The molecular weight excluding hydrogens is 1370 g/mol. The molecule has 0 spiro atoms. The second-order valence-corrected chi connectivity index (χ2v) is 33.8. The first-order chi connectivity index (χ1) is 51.2. The molecule has 2 unspecified atom stereocenters. The van der Waals surface area contributed by atoms with Gasteiger partial charge in [-0.3, -0.25) is 37.3 Å². The molecule has 19 heteroatoms. The van der Waals surface area contributed by atoms with Crippen LogP contribution in [0.2, 0.25) is 0 Å². The molecule has 0 aromatic heterocycles. The molecule has 0 fully saturated rings. The van der Waals surface area contributed by atoms with Gasteiger partial charge in [0.25, 0.3) is 0 Å². The van der Waals surface area contributed by atoms with Crippen molar-refractivity contribution in [2.75, 3.05) is 39.6 Å². The van der Waals surface area contributed by atoms with Crippen LogP contribution in [-0.2, 0) is 65.4 Å².